The van der Waals surface area contributed by atoms with Gasteiger partial charge in [-0.1, -0.05) is 30.7 Å². The Morgan fingerprint density at radius 1 is 1.06 bits per heavy atom. The number of nitrogens with zero attached hydrogens (tertiary/aromatic N) is 1. The third-order valence-corrected chi connectivity index (χ3v) is 5.98. The second-order valence-corrected chi connectivity index (χ2v) is 8.00. The molecule has 7 heteroatoms. The molecule has 0 unspecified atom stereocenters. The fourth-order valence-corrected chi connectivity index (χ4v) is 4.29. The zero-order valence-electron chi connectivity index (χ0n) is 18.0. The lowest BCUT2D eigenvalue weighted by molar-refractivity contribution is -0.145. The highest BCUT2D eigenvalue weighted by Gasteiger charge is 2.43. The highest BCUT2D eigenvalue weighted by atomic mass is 16.5. The van der Waals surface area contributed by atoms with Gasteiger partial charge in [-0.15, -0.1) is 0 Å². The number of aliphatic hydroxyl groups is 1. The summed E-state index contributed by atoms with van der Waals surface area (Å²) < 4.78 is 4.95. The summed E-state index contributed by atoms with van der Waals surface area (Å²) in [6.07, 6.45) is 5.68. The molecule has 4 rings (SSSR count). The number of unbranched alkanes of at least 4 members (excludes halogenated alkanes) is 2. The molecule has 7 nitrogen and oxygen atoms in total. The number of imide groups is 1. The standard InChI is InChI=1S/C25H26N2O5/c1-32-25(31)22(27-23(29)19-8-4-5-9-20(19)24(27)30)14-17-15-26-21-13-16(10-11-18(17)21)7-3-2-6-12-28/h4-5,8-11,13,15,22,26,28H,2-3,6-7,12,14H2,1H3/t22-/m0/s1. The van der Waals surface area contributed by atoms with Gasteiger partial charge in [0.05, 0.1) is 18.2 Å². The van der Waals surface area contributed by atoms with E-state index in [1.54, 1.807) is 24.3 Å². The normalized spacial score (nSPS) is 14.1. The van der Waals surface area contributed by atoms with Gasteiger partial charge >= 0.3 is 5.97 Å². The molecule has 0 saturated heterocycles. The summed E-state index contributed by atoms with van der Waals surface area (Å²) in [6, 6.07) is 11.7. The number of methoxy groups -OCH3 is 1. The number of aliphatic hydroxyl groups excluding tert-OH is 1. The van der Waals surface area contributed by atoms with Gasteiger partial charge in [-0.3, -0.25) is 14.5 Å². The number of aryl methyl sites for hydroxylation is 1. The highest BCUT2D eigenvalue weighted by Crippen LogP contribution is 2.28. The number of aromatic nitrogens is 1. The van der Waals surface area contributed by atoms with Gasteiger partial charge in [-0.2, -0.15) is 0 Å². The number of fused-ring (bicyclic) bond motifs is 2. The van der Waals surface area contributed by atoms with Gasteiger partial charge in [-0.05, 0) is 48.6 Å². The quantitative estimate of drug-likeness (QED) is 0.306. The van der Waals surface area contributed by atoms with Crippen molar-refractivity contribution in [3.8, 4) is 0 Å². The molecule has 0 spiro atoms. The number of carbonyl (C=O) groups is 3. The van der Waals surface area contributed by atoms with Crippen molar-refractivity contribution in [1.82, 2.24) is 9.88 Å². The molecule has 0 aliphatic carbocycles. The van der Waals surface area contributed by atoms with Crippen LogP contribution in [0.15, 0.2) is 48.7 Å². The third-order valence-electron chi connectivity index (χ3n) is 5.98. The Morgan fingerprint density at radius 2 is 1.78 bits per heavy atom. The number of nitrogens with one attached hydrogen (secondary N) is 1. The van der Waals surface area contributed by atoms with Crippen molar-refractivity contribution in [2.45, 2.75) is 38.1 Å². The summed E-state index contributed by atoms with van der Waals surface area (Å²) in [7, 11) is 1.26. The SMILES string of the molecule is COC(=O)[C@H](Cc1c[nH]c2cc(CCCCCO)ccc12)N1C(=O)c2ccccc2C1=O. The number of benzene rings is 2. The number of amides is 2. The number of hydrogen-bond donors (Lipinski definition) is 2. The van der Waals surface area contributed by atoms with Crippen molar-refractivity contribution in [2.75, 3.05) is 13.7 Å². The van der Waals surface area contributed by atoms with E-state index in [2.05, 4.69) is 11.1 Å². The van der Waals surface area contributed by atoms with Crippen LogP contribution in [0, 0.1) is 0 Å². The zero-order chi connectivity index (χ0) is 22.7. The number of H-pyrrole nitrogens is 1. The summed E-state index contributed by atoms with van der Waals surface area (Å²) >= 11 is 0. The molecule has 0 saturated carbocycles. The van der Waals surface area contributed by atoms with Gasteiger partial charge in [0, 0.05) is 30.1 Å². The predicted molar refractivity (Wildman–Crippen MR) is 119 cm³/mol. The lowest BCUT2D eigenvalue weighted by atomic mass is 10.0. The molecule has 1 aromatic heterocycles. The van der Waals surface area contributed by atoms with E-state index in [0.29, 0.717) is 11.1 Å². The third kappa shape index (κ3) is 4.03. The number of ether oxygens (including phenoxy) is 1. The van der Waals surface area contributed by atoms with Crippen molar-refractivity contribution in [1.29, 1.82) is 0 Å². The minimum Gasteiger partial charge on any atom is -0.467 e. The number of carbonyl (C=O) groups excluding carboxylic acids is 3. The van der Waals surface area contributed by atoms with Crippen molar-refractivity contribution in [3.63, 3.8) is 0 Å². The van der Waals surface area contributed by atoms with E-state index in [9.17, 15) is 14.4 Å². The predicted octanol–water partition coefficient (Wildman–Crippen LogP) is 3.25. The van der Waals surface area contributed by atoms with Gasteiger partial charge in [0.2, 0.25) is 0 Å². The Bertz CT molecular complexity index is 1130. The van der Waals surface area contributed by atoms with Crippen LogP contribution in [-0.4, -0.2) is 52.5 Å². The van der Waals surface area contributed by atoms with Crippen LogP contribution in [0.5, 0.6) is 0 Å². The largest absolute Gasteiger partial charge is 0.467 e. The second kappa shape index (κ2) is 9.36. The molecule has 2 N–H and O–H groups in total. The Hall–Kier alpha value is -3.45. The van der Waals surface area contributed by atoms with Gasteiger partial charge in [0.1, 0.15) is 6.04 Å². The van der Waals surface area contributed by atoms with E-state index < -0.39 is 23.8 Å². The van der Waals surface area contributed by atoms with E-state index in [0.717, 1.165) is 47.0 Å². The van der Waals surface area contributed by atoms with E-state index in [1.165, 1.54) is 12.7 Å². The summed E-state index contributed by atoms with van der Waals surface area (Å²) in [4.78, 5) is 42.7. The summed E-state index contributed by atoms with van der Waals surface area (Å²) in [6.45, 7) is 0.216. The van der Waals surface area contributed by atoms with Crippen LogP contribution in [0.1, 0.15) is 51.1 Å². The molecule has 2 amide bonds. The van der Waals surface area contributed by atoms with E-state index in [1.807, 2.05) is 18.3 Å². The Kier molecular flexibility index (Phi) is 6.37. The molecular formula is C25H26N2O5. The fraction of sp³-hybridized carbons (Fsp3) is 0.320. The monoisotopic (exact) mass is 434 g/mol. The van der Waals surface area contributed by atoms with Crippen molar-refractivity contribution < 1.29 is 24.2 Å². The number of rotatable bonds is 9. The van der Waals surface area contributed by atoms with Crippen molar-refractivity contribution in [3.05, 3.63) is 70.9 Å². The lowest BCUT2D eigenvalue weighted by Gasteiger charge is -2.23. The highest BCUT2D eigenvalue weighted by molar-refractivity contribution is 6.22. The van der Waals surface area contributed by atoms with Crippen LogP contribution in [0.2, 0.25) is 0 Å². The first-order valence-corrected chi connectivity index (χ1v) is 10.8. The van der Waals surface area contributed by atoms with Crippen LogP contribution in [0.3, 0.4) is 0 Å². The molecular weight excluding hydrogens is 408 g/mol. The van der Waals surface area contributed by atoms with Crippen molar-refractivity contribution >= 4 is 28.7 Å². The molecule has 2 heterocycles. The average Bonchev–Trinajstić information content (AvgIpc) is 3.33. The zero-order valence-corrected chi connectivity index (χ0v) is 18.0. The van der Waals surface area contributed by atoms with Crippen LogP contribution in [0.4, 0.5) is 0 Å². The average molecular weight is 434 g/mol. The van der Waals surface area contributed by atoms with Crippen LogP contribution in [-0.2, 0) is 22.4 Å². The Morgan fingerprint density at radius 3 is 2.44 bits per heavy atom. The van der Waals surface area contributed by atoms with Gasteiger partial charge in [-0.25, -0.2) is 4.79 Å². The first kappa shape index (κ1) is 21.8. The van der Waals surface area contributed by atoms with Crippen LogP contribution < -0.4 is 0 Å². The van der Waals surface area contributed by atoms with Crippen molar-refractivity contribution in [2.24, 2.45) is 0 Å². The summed E-state index contributed by atoms with van der Waals surface area (Å²) in [5.41, 5.74) is 3.56. The molecule has 1 aliphatic heterocycles. The first-order chi connectivity index (χ1) is 15.5. The molecule has 32 heavy (non-hydrogen) atoms. The minimum absolute atomic E-state index is 0.161. The molecule has 3 aromatic rings. The fourth-order valence-electron chi connectivity index (χ4n) is 4.29. The number of aromatic amines is 1. The second-order valence-electron chi connectivity index (χ2n) is 8.00. The van der Waals surface area contributed by atoms with Gasteiger partial charge in [0.25, 0.3) is 11.8 Å². The first-order valence-electron chi connectivity index (χ1n) is 10.8. The lowest BCUT2D eigenvalue weighted by Crippen LogP contribution is -2.46. The van der Waals surface area contributed by atoms with E-state index in [4.69, 9.17) is 9.84 Å². The Labute approximate surface area is 186 Å². The van der Waals surface area contributed by atoms with Crippen LogP contribution in [0.25, 0.3) is 10.9 Å². The number of hydrogen-bond acceptors (Lipinski definition) is 5. The molecule has 166 valence electrons. The summed E-state index contributed by atoms with van der Waals surface area (Å²) in [5, 5.41) is 9.85. The van der Waals surface area contributed by atoms with Gasteiger partial charge < -0.3 is 14.8 Å². The summed E-state index contributed by atoms with van der Waals surface area (Å²) in [5.74, 6) is -1.59. The maximum absolute atomic E-state index is 12.9. The maximum atomic E-state index is 12.9. The Balaban J connectivity index is 1.58. The minimum atomic E-state index is -1.05. The molecule has 1 aliphatic rings. The maximum Gasteiger partial charge on any atom is 0.329 e. The molecule has 2 aromatic carbocycles. The van der Waals surface area contributed by atoms with Gasteiger partial charge in [0.15, 0.2) is 0 Å². The van der Waals surface area contributed by atoms with E-state index in [-0.39, 0.29) is 13.0 Å². The van der Waals surface area contributed by atoms with E-state index >= 15 is 0 Å². The molecule has 0 radical (unpaired) electrons. The number of esters is 1. The topological polar surface area (TPSA) is 99.7 Å². The molecule has 0 fully saturated rings. The van der Waals surface area contributed by atoms with Crippen LogP contribution >= 0.6 is 0 Å². The molecule has 0 bridgehead atoms. The smallest absolute Gasteiger partial charge is 0.329 e. The molecule has 1 atom stereocenters.